The van der Waals surface area contributed by atoms with Gasteiger partial charge in [-0.25, -0.2) is 0 Å². The first-order valence-electron chi connectivity index (χ1n) is 8.39. The summed E-state index contributed by atoms with van der Waals surface area (Å²) >= 11 is 14.3. The minimum atomic E-state index is -0.528. The van der Waals surface area contributed by atoms with Crippen LogP contribution >= 0.6 is 46.3 Å². The number of hydrogen-bond donors (Lipinski definition) is 1. The SMILES string of the molecule is O=C(NCCCc1ccccn1)c1cc([N+](=O)[O-])c(Sc2c(Cl)cncc2Cl)s1. The highest BCUT2D eigenvalue weighted by atomic mass is 35.5. The van der Waals surface area contributed by atoms with E-state index >= 15 is 0 Å². The molecule has 0 radical (unpaired) electrons. The number of aryl methyl sites for hydroxylation is 1. The first-order valence-corrected chi connectivity index (χ1v) is 10.8. The molecule has 3 aromatic rings. The average molecular weight is 469 g/mol. The van der Waals surface area contributed by atoms with Crippen LogP contribution in [0.1, 0.15) is 21.8 Å². The third-order valence-corrected chi connectivity index (χ3v) is 6.98. The van der Waals surface area contributed by atoms with Crippen LogP contribution in [0.3, 0.4) is 0 Å². The maximum Gasteiger partial charge on any atom is 0.294 e. The molecule has 11 heteroatoms. The second-order valence-electron chi connectivity index (χ2n) is 5.76. The molecule has 150 valence electrons. The van der Waals surface area contributed by atoms with Gasteiger partial charge in [0.25, 0.3) is 11.6 Å². The fraction of sp³-hybridized carbons (Fsp3) is 0.167. The van der Waals surface area contributed by atoms with Gasteiger partial charge in [0.2, 0.25) is 0 Å². The lowest BCUT2D eigenvalue weighted by Crippen LogP contribution is -2.23. The van der Waals surface area contributed by atoms with Gasteiger partial charge in [-0.1, -0.05) is 41.0 Å². The molecule has 0 saturated heterocycles. The van der Waals surface area contributed by atoms with E-state index in [2.05, 4.69) is 15.3 Å². The summed E-state index contributed by atoms with van der Waals surface area (Å²) in [5.74, 6) is -0.363. The van der Waals surface area contributed by atoms with Crippen molar-refractivity contribution < 1.29 is 9.72 Å². The Bertz CT molecular complexity index is 1010. The highest BCUT2D eigenvalue weighted by Gasteiger charge is 2.24. The minimum Gasteiger partial charge on any atom is -0.351 e. The van der Waals surface area contributed by atoms with Gasteiger partial charge >= 0.3 is 0 Å². The fourth-order valence-electron chi connectivity index (χ4n) is 2.37. The van der Waals surface area contributed by atoms with Crippen LogP contribution in [-0.4, -0.2) is 27.3 Å². The summed E-state index contributed by atoms with van der Waals surface area (Å²) < 4.78 is 0.323. The monoisotopic (exact) mass is 468 g/mol. The molecule has 0 fully saturated rings. The molecule has 3 rings (SSSR count). The number of halogens is 2. The number of aromatic nitrogens is 2. The number of rotatable bonds is 8. The third-order valence-electron chi connectivity index (χ3n) is 3.73. The van der Waals surface area contributed by atoms with Crippen molar-refractivity contribution in [2.24, 2.45) is 0 Å². The number of carbonyl (C=O) groups excluding carboxylic acids is 1. The van der Waals surface area contributed by atoms with E-state index in [0.717, 1.165) is 35.2 Å². The van der Waals surface area contributed by atoms with Crippen LogP contribution in [0.25, 0.3) is 0 Å². The molecule has 0 aliphatic rings. The van der Waals surface area contributed by atoms with E-state index in [0.29, 0.717) is 22.1 Å². The molecule has 0 saturated carbocycles. The number of nitro groups is 1. The predicted octanol–water partition coefficient (Wildman–Crippen LogP) is 5.27. The zero-order valence-corrected chi connectivity index (χ0v) is 17.9. The number of amides is 1. The zero-order chi connectivity index (χ0) is 20.8. The largest absolute Gasteiger partial charge is 0.351 e. The van der Waals surface area contributed by atoms with Gasteiger partial charge in [-0.3, -0.25) is 24.9 Å². The number of pyridine rings is 2. The zero-order valence-electron chi connectivity index (χ0n) is 14.8. The van der Waals surface area contributed by atoms with E-state index in [9.17, 15) is 14.9 Å². The van der Waals surface area contributed by atoms with Crippen LogP contribution in [0, 0.1) is 10.1 Å². The lowest BCUT2D eigenvalue weighted by atomic mass is 10.2. The van der Waals surface area contributed by atoms with E-state index in [-0.39, 0.29) is 26.5 Å². The molecular formula is C18H14Cl2N4O3S2. The van der Waals surface area contributed by atoms with Crippen molar-refractivity contribution in [1.29, 1.82) is 0 Å². The summed E-state index contributed by atoms with van der Waals surface area (Å²) in [4.78, 5) is 32.1. The summed E-state index contributed by atoms with van der Waals surface area (Å²) in [6.07, 6.45) is 5.97. The maximum absolute atomic E-state index is 12.4. The van der Waals surface area contributed by atoms with Crippen molar-refractivity contribution in [3.05, 3.63) is 73.6 Å². The minimum absolute atomic E-state index is 0.164. The molecule has 29 heavy (non-hydrogen) atoms. The molecule has 0 aliphatic carbocycles. The molecule has 0 spiro atoms. The van der Waals surface area contributed by atoms with Crippen molar-refractivity contribution in [3.8, 4) is 0 Å². The van der Waals surface area contributed by atoms with Gasteiger partial charge in [0.15, 0.2) is 0 Å². The standard InChI is InChI=1S/C18H14Cl2N4O3S2/c19-12-9-21-10-13(20)16(12)29-18-14(24(26)27)8-15(28-18)17(25)23-7-3-5-11-4-1-2-6-22-11/h1-2,4,6,8-10H,3,5,7H2,(H,23,25). The molecule has 7 nitrogen and oxygen atoms in total. The van der Waals surface area contributed by atoms with E-state index in [1.807, 2.05) is 18.2 Å². The van der Waals surface area contributed by atoms with Gasteiger partial charge in [-0.05, 0) is 25.0 Å². The molecule has 3 aromatic heterocycles. The first kappa shape index (κ1) is 21.5. The summed E-state index contributed by atoms with van der Waals surface area (Å²) in [5.41, 5.74) is 0.779. The van der Waals surface area contributed by atoms with Gasteiger partial charge in [-0.15, -0.1) is 11.3 Å². The molecule has 0 aliphatic heterocycles. The van der Waals surface area contributed by atoms with E-state index in [1.54, 1.807) is 6.20 Å². The van der Waals surface area contributed by atoms with E-state index in [1.165, 1.54) is 18.5 Å². The van der Waals surface area contributed by atoms with Crippen LogP contribution in [0.4, 0.5) is 5.69 Å². The lowest BCUT2D eigenvalue weighted by Gasteiger charge is -2.04. The first-order chi connectivity index (χ1) is 14.0. The van der Waals surface area contributed by atoms with Crippen molar-refractivity contribution in [2.45, 2.75) is 21.9 Å². The Labute approximate surface area is 184 Å². The molecule has 3 heterocycles. The molecule has 0 bridgehead atoms. The number of nitrogens with one attached hydrogen (secondary N) is 1. The molecule has 0 aromatic carbocycles. The number of hydrogen-bond acceptors (Lipinski definition) is 7. The van der Waals surface area contributed by atoms with Crippen molar-refractivity contribution in [2.75, 3.05) is 6.54 Å². The lowest BCUT2D eigenvalue weighted by molar-refractivity contribution is -0.387. The number of thiophene rings is 1. The van der Waals surface area contributed by atoms with Gasteiger partial charge < -0.3 is 5.32 Å². The molecule has 1 N–H and O–H groups in total. The Morgan fingerprint density at radius 3 is 2.69 bits per heavy atom. The Kier molecular flexibility index (Phi) is 7.43. The number of nitrogens with zero attached hydrogens (tertiary/aromatic N) is 3. The van der Waals surface area contributed by atoms with Crippen LogP contribution in [0.15, 0.2) is 52.0 Å². The highest BCUT2D eigenvalue weighted by Crippen LogP contribution is 2.45. The van der Waals surface area contributed by atoms with Gasteiger partial charge in [0, 0.05) is 36.9 Å². The summed E-state index contributed by atoms with van der Waals surface area (Å²) in [6, 6.07) is 6.94. The van der Waals surface area contributed by atoms with E-state index < -0.39 is 4.92 Å². The van der Waals surface area contributed by atoms with Crippen molar-refractivity contribution in [3.63, 3.8) is 0 Å². The van der Waals surface area contributed by atoms with Crippen molar-refractivity contribution in [1.82, 2.24) is 15.3 Å². The van der Waals surface area contributed by atoms with Crippen molar-refractivity contribution >= 4 is 57.9 Å². The Morgan fingerprint density at radius 2 is 2.03 bits per heavy atom. The van der Waals surface area contributed by atoms with Crippen LogP contribution in [-0.2, 0) is 6.42 Å². The van der Waals surface area contributed by atoms with Gasteiger partial charge in [0.05, 0.1) is 19.9 Å². The highest BCUT2D eigenvalue weighted by molar-refractivity contribution is 8.01. The topological polar surface area (TPSA) is 98.0 Å². The second kappa shape index (κ2) is 10.0. The summed E-state index contributed by atoms with van der Waals surface area (Å²) in [7, 11) is 0. The predicted molar refractivity (Wildman–Crippen MR) is 114 cm³/mol. The van der Waals surface area contributed by atoms with Crippen LogP contribution < -0.4 is 5.32 Å². The Morgan fingerprint density at radius 1 is 1.28 bits per heavy atom. The summed E-state index contributed by atoms with van der Waals surface area (Å²) in [5, 5.41) is 14.8. The quantitative estimate of drug-likeness (QED) is 0.274. The van der Waals surface area contributed by atoms with E-state index in [4.69, 9.17) is 23.2 Å². The summed E-state index contributed by atoms with van der Waals surface area (Å²) in [6.45, 7) is 0.436. The Balaban J connectivity index is 1.67. The number of carbonyl (C=O) groups is 1. The smallest absolute Gasteiger partial charge is 0.294 e. The molecule has 1 amide bonds. The second-order valence-corrected chi connectivity index (χ2v) is 8.90. The third kappa shape index (κ3) is 5.66. The van der Waals surface area contributed by atoms with Crippen LogP contribution in [0.2, 0.25) is 10.0 Å². The normalized spacial score (nSPS) is 10.7. The molecular weight excluding hydrogens is 455 g/mol. The van der Waals surface area contributed by atoms with Crippen LogP contribution in [0.5, 0.6) is 0 Å². The molecule has 0 atom stereocenters. The fourth-order valence-corrected chi connectivity index (χ4v) is 5.15. The average Bonchev–Trinajstić information content (AvgIpc) is 3.13. The Hall–Kier alpha value is -2.20. The maximum atomic E-state index is 12.4. The van der Waals surface area contributed by atoms with Gasteiger partial charge in [0.1, 0.15) is 9.09 Å². The van der Waals surface area contributed by atoms with Gasteiger partial charge in [-0.2, -0.15) is 0 Å². The molecule has 0 unspecified atom stereocenters.